The van der Waals surface area contributed by atoms with E-state index in [-0.39, 0.29) is 23.7 Å². The van der Waals surface area contributed by atoms with E-state index in [1.807, 2.05) is 23.1 Å². The lowest BCUT2D eigenvalue weighted by atomic mass is 9.88. The number of carbonyl (C=O) groups is 1. The molecule has 7 nitrogen and oxygen atoms in total. The van der Waals surface area contributed by atoms with Gasteiger partial charge < -0.3 is 15.0 Å². The number of hydrogen-bond donors (Lipinski definition) is 1. The third-order valence-electron chi connectivity index (χ3n) is 5.40. The number of ether oxygens (including phenoxy) is 1. The Bertz CT molecular complexity index is 881. The quantitative estimate of drug-likeness (QED) is 0.656. The van der Waals surface area contributed by atoms with Crippen LogP contribution in [0, 0.1) is 10.1 Å². The van der Waals surface area contributed by atoms with E-state index in [0.717, 1.165) is 35.5 Å². The molecule has 2 aliphatic rings. The molecule has 1 amide bonds. The van der Waals surface area contributed by atoms with Crippen molar-refractivity contribution in [2.75, 3.05) is 19.0 Å². The lowest BCUT2D eigenvalue weighted by molar-refractivity contribution is -0.384. The number of non-ortho nitro benzene ring substituents is 1. The molecule has 2 aliphatic heterocycles. The van der Waals surface area contributed by atoms with E-state index in [9.17, 15) is 14.9 Å². The Hall–Kier alpha value is -3.09. The number of hydrogen-bond acceptors (Lipinski definition) is 5. The maximum atomic E-state index is 12.4. The van der Waals surface area contributed by atoms with Crippen LogP contribution in [-0.4, -0.2) is 29.4 Å². The van der Waals surface area contributed by atoms with Gasteiger partial charge in [-0.15, -0.1) is 0 Å². The number of nitrogens with one attached hydrogen (secondary N) is 1. The molecule has 0 spiro atoms. The van der Waals surface area contributed by atoms with Crippen LogP contribution in [-0.2, 0) is 4.79 Å². The largest absolute Gasteiger partial charge is 0.497 e. The molecule has 4 rings (SSSR count). The van der Waals surface area contributed by atoms with Crippen molar-refractivity contribution in [2.45, 2.75) is 31.3 Å². The molecule has 0 saturated carbocycles. The molecule has 0 bridgehead atoms. The Morgan fingerprint density at radius 2 is 2.00 bits per heavy atom. The fraction of sp³-hybridized carbons (Fsp3) is 0.350. The molecular formula is C20H21N3O4. The minimum absolute atomic E-state index is 0.0231. The van der Waals surface area contributed by atoms with Gasteiger partial charge in [0, 0.05) is 36.3 Å². The summed E-state index contributed by atoms with van der Waals surface area (Å²) in [7, 11) is 1.63. The molecular weight excluding hydrogens is 346 g/mol. The van der Waals surface area contributed by atoms with Gasteiger partial charge in [-0.1, -0.05) is 12.1 Å². The minimum Gasteiger partial charge on any atom is -0.497 e. The van der Waals surface area contributed by atoms with Crippen molar-refractivity contribution in [1.29, 1.82) is 0 Å². The van der Waals surface area contributed by atoms with Crippen molar-refractivity contribution < 1.29 is 14.5 Å². The number of nitro groups is 1. The average Bonchev–Trinajstić information content (AvgIpc) is 3.12. The van der Waals surface area contributed by atoms with Crippen molar-refractivity contribution in [1.82, 2.24) is 4.90 Å². The summed E-state index contributed by atoms with van der Waals surface area (Å²) in [5.41, 5.74) is 3.07. The van der Waals surface area contributed by atoms with E-state index in [4.69, 9.17) is 4.74 Å². The highest BCUT2D eigenvalue weighted by Crippen LogP contribution is 2.44. The van der Waals surface area contributed by atoms with Gasteiger partial charge in [-0.25, -0.2) is 0 Å². The molecule has 2 heterocycles. The molecule has 140 valence electrons. The number of nitro benzene ring substituents is 1. The summed E-state index contributed by atoms with van der Waals surface area (Å²) in [4.78, 5) is 24.9. The molecule has 0 radical (unpaired) electrons. The molecule has 1 N–H and O–H groups in total. The van der Waals surface area contributed by atoms with Gasteiger partial charge in [-0.2, -0.15) is 0 Å². The van der Waals surface area contributed by atoms with Gasteiger partial charge in [-0.3, -0.25) is 14.9 Å². The van der Waals surface area contributed by atoms with Crippen LogP contribution in [0.4, 0.5) is 11.4 Å². The van der Waals surface area contributed by atoms with Gasteiger partial charge in [0.15, 0.2) is 0 Å². The third-order valence-corrected chi connectivity index (χ3v) is 5.40. The SMILES string of the molecule is COc1ccc2c(c1)[C@@H](N1CCCC1=O)C[C@@H](c1ccc([N+](=O)[O-])cc1)N2. The number of anilines is 1. The number of benzene rings is 2. The van der Waals surface area contributed by atoms with Crippen molar-refractivity contribution in [3.05, 3.63) is 63.7 Å². The van der Waals surface area contributed by atoms with Crippen molar-refractivity contribution in [3.8, 4) is 5.75 Å². The fourth-order valence-electron chi connectivity index (χ4n) is 4.01. The summed E-state index contributed by atoms with van der Waals surface area (Å²) >= 11 is 0. The van der Waals surface area contributed by atoms with Crippen LogP contribution < -0.4 is 10.1 Å². The lowest BCUT2D eigenvalue weighted by Gasteiger charge is -2.38. The van der Waals surface area contributed by atoms with E-state index < -0.39 is 4.92 Å². The summed E-state index contributed by atoms with van der Waals surface area (Å²) in [5, 5.41) is 14.4. The zero-order chi connectivity index (χ0) is 19.0. The molecule has 0 aliphatic carbocycles. The highest BCUT2D eigenvalue weighted by Gasteiger charge is 2.36. The molecule has 2 aromatic rings. The Kier molecular flexibility index (Phi) is 4.43. The highest BCUT2D eigenvalue weighted by atomic mass is 16.6. The molecule has 2 aromatic carbocycles. The second kappa shape index (κ2) is 6.90. The van der Waals surface area contributed by atoms with Crippen LogP contribution in [0.25, 0.3) is 0 Å². The predicted molar refractivity (Wildman–Crippen MR) is 101 cm³/mol. The van der Waals surface area contributed by atoms with Gasteiger partial charge in [0.25, 0.3) is 5.69 Å². The van der Waals surface area contributed by atoms with Gasteiger partial charge in [0.05, 0.1) is 24.1 Å². The van der Waals surface area contributed by atoms with Crippen molar-refractivity contribution in [3.63, 3.8) is 0 Å². The lowest BCUT2D eigenvalue weighted by Crippen LogP contribution is -2.35. The number of fused-ring (bicyclic) bond motifs is 1. The number of nitrogens with zero attached hydrogens (tertiary/aromatic N) is 2. The number of methoxy groups -OCH3 is 1. The van der Waals surface area contributed by atoms with Crippen LogP contribution in [0.3, 0.4) is 0 Å². The van der Waals surface area contributed by atoms with Gasteiger partial charge in [0.2, 0.25) is 5.91 Å². The first-order chi connectivity index (χ1) is 13.1. The van der Waals surface area contributed by atoms with E-state index in [1.165, 1.54) is 12.1 Å². The molecule has 1 saturated heterocycles. The maximum Gasteiger partial charge on any atom is 0.269 e. The van der Waals surface area contributed by atoms with E-state index in [1.54, 1.807) is 19.2 Å². The van der Waals surface area contributed by atoms with Crippen LogP contribution in [0.1, 0.15) is 42.5 Å². The molecule has 0 unspecified atom stereocenters. The van der Waals surface area contributed by atoms with Crippen molar-refractivity contribution >= 4 is 17.3 Å². The van der Waals surface area contributed by atoms with Gasteiger partial charge >= 0.3 is 0 Å². The Morgan fingerprint density at radius 3 is 2.63 bits per heavy atom. The summed E-state index contributed by atoms with van der Waals surface area (Å²) in [6, 6.07) is 12.4. The Morgan fingerprint density at radius 1 is 1.22 bits per heavy atom. The van der Waals surface area contributed by atoms with Gasteiger partial charge in [0.1, 0.15) is 5.75 Å². The van der Waals surface area contributed by atoms with E-state index in [0.29, 0.717) is 12.8 Å². The second-order valence-electron chi connectivity index (χ2n) is 6.94. The predicted octanol–water partition coefficient (Wildman–Crippen LogP) is 3.82. The first kappa shape index (κ1) is 17.3. The van der Waals surface area contributed by atoms with Crippen LogP contribution in [0.15, 0.2) is 42.5 Å². The standard InChI is InChI=1S/C20H21N3O4/c1-27-15-8-9-17-16(11-15)19(22-10-2-3-20(22)24)12-18(21-17)13-4-6-14(7-5-13)23(25)26/h4-9,11,18-19,21H,2-3,10,12H2,1H3/t18-,19-/m0/s1. The second-order valence-corrected chi connectivity index (χ2v) is 6.94. The Labute approximate surface area is 157 Å². The topological polar surface area (TPSA) is 84.7 Å². The van der Waals surface area contributed by atoms with Crippen LogP contribution in [0.5, 0.6) is 5.75 Å². The highest BCUT2D eigenvalue weighted by molar-refractivity contribution is 5.79. The van der Waals surface area contributed by atoms with Crippen molar-refractivity contribution in [2.24, 2.45) is 0 Å². The monoisotopic (exact) mass is 367 g/mol. The summed E-state index contributed by atoms with van der Waals surface area (Å²) in [5.74, 6) is 0.944. The smallest absolute Gasteiger partial charge is 0.269 e. The van der Waals surface area contributed by atoms with Crippen LogP contribution in [0.2, 0.25) is 0 Å². The minimum atomic E-state index is -0.397. The van der Waals surface area contributed by atoms with E-state index in [2.05, 4.69) is 5.32 Å². The molecule has 1 fully saturated rings. The van der Waals surface area contributed by atoms with Crippen LogP contribution >= 0.6 is 0 Å². The molecule has 7 heteroatoms. The zero-order valence-electron chi connectivity index (χ0n) is 15.1. The van der Waals surface area contributed by atoms with Gasteiger partial charge in [-0.05, 0) is 36.6 Å². The fourth-order valence-corrected chi connectivity index (χ4v) is 4.01. The van der Waals surface area contributed by atoms with E-state index >= 15 is 0 Å². The normalized spacial score (nSPS) is 21.5. The molecule has 27 heavy (non-hydrogen) atoms. The number of likely N-dealkylation sites (tertiary alicyclic amines) is 1. The Balaban J connectivity index is 1.70. The first-order valence-corrected chi connectivity index (χ1v) is 9.05. The molecule has 2 atom stereocenters. The number of rotatable bonds is 4. The number of amides is 1. The zero-order valence-corrected chi connectivity index (χ0v) is 15.1. The third kappa shape index (κ3) is 3.20. The summed E-state index contributed by atoms with van der Waals surface area (Å²) < 4.78 is 5.37. The summed E-state index contributed by atoms with van der Waals surface area (Å²) in [6.07, 6.45) is 2.18. The average molecular weight is 367 g/mol. The first-order valence-electron chi connectivity index (χ1n) is 9.05. The summed E-state index contributed by atoms with van der Waals surface area (Å²) in [6.45, 7) is 0.757. The molecule has 0 aromatic heterocycles. The number of carbonyl (C=O) groups excluding carboxylic acids is 1. The maximum absolute atomic E-state index is 12.4.